The third kappa shape index (κ3) is 5.79. The van der Waals surface area contributed by atoms with Gasteiger partial charge in [0.05, 0.1) is 23.6 Å². The normalized spacial score (nSPS) is 16.7. The number of carbonyl (C=O) groups excluding carboxylic acids is 3. The first-order chi connectivity index (χ1) is 20.4. The summed E-state index contributed by atoms with van der Waals surface area (Å²) in [4.78, 5) is 47.8. The summed E-state index contributed by atoms with van der Waals surface area (Å²) in [6.45, 7) is 4.07. The van der Waals surface area contributed by atoms with E-state index in [4.69, 9.17) is 0 Å². The van der Waals surface area contributed by atoms with Gasteiger partial charge in [0, 0.05) is 60.6 Å². The molecule has 1 atom stereocenters. The van der Waals surface area contributed by atoms with Gasteiger partial charge in [0.1, 0.15) is 5.92 Å². The summed E-state index contributed by atoms with van der Waals surface area (Å²) < 4.78 is 0. The lowest BCUT2D eigenvalue weighted by Crippen LogP contribution is -2.44. The van der Waals surface area contributed by atoms with Crippen LogP contribution in [-0.4, -0.2) is 72.1 Å². The van der Waals surface area contributed by atoms with E-state index >= 15 is 0 Å². The molecule has 3 heterocycles. The van der Waals surface area contributed by atoms with E-state index in [2.05, 4.69) is 54.8 Å². The first-order valence-electron chi connectivity index (χ1n) is 13.7. The van der Waals surface area contributed by atoms with Gasteiger partial charge in [0.2, 0.25) is 5.91 Å². The van der Waals surface area contributed by atoms with Crippen LogP contribution in [0.2, 0.25) is 0 Å². The molecule has 0 bridgehead atoms. The molecule has 0 aliphatic carbocycles. The molecule has 0 radical (unpaired) electrons. The van der Waals surface area contributed by atoms with Gasteiger partial charge >= 0.3 is 0 Å². The highest BCUT2D eigenvalue weighted by Crippen LogP contribution is 2.33. The second-order valence-corrected chi connectivity index (χ2v) is 10.3. The quantitative estimate of drug-likeness (QED) is 0.258. The number of anilines is 3. The van der Waals surface area contributed by atoms with Gasteiger partial charge in [-0.1, -0.05) is 24.3 Å². The molecule has 3 aromatic carbocycles. The standard InChI is InChI=1S/C32H29N7O3/c1-38-13-15-39(16-14-38)26-8-6-24(7-9-26)33-20-28-27-10-5-22(18-29(27)37-32(28)42)30(40)21-3-2-4-25(17-21)36-31(41)23-11-12-34-35-19-23/h2-12,17-20,28H,13-16H2,1H3,(H,36,41)(H,37,42). The number of fused-ring (bicyclic) bond motifs is 1. The number of carbonyl (C=O) groups is 3. The summed E-state index contributed by atoms with van der Waals surface area (Å²) >= 11 is 0. The Morgan fingerprint density at radius 1 is 0.929 bits per heavy atom. The van der Waals surface area contributed by atoms with Gasteiger partial charge in [-0.05, 0) is 61.1 Å². The van der Waals surface area contributed by atoms with Gasteiger partial charge in [0.15, 0.2) is 5.78 Å². The van der Waals surface area contributed by atoms with Crippen LogP contribution in [0.15, 0.2) is 90.2 Å². The molecule has 1 unspecified atom stereocenters. The number of piperazine rings is 1. The van der Waals surface area contributed by atoms with Gasteiger partial charge in [-0.15, -0.1) is 0 Å². The molecule has 1 fully saturated rings. The highest BCUT2D eigenvalue weighted by Gasteiger charge is 2.30. The Labute approximate surface area is 243 Å². The smallest absolute Gasteiger partial charge is 0.257 e. The molecule has 210 valence electrons. The van der Waals surface area contributed by atoms with Crippen LogP contribution >= 0.6 is 0 Å². The van der Waals surface area contributed by atoms with Gasteiger partial charge in [0.25, 0.3) is 5.91 Å². The fourth-order valence-electron chi connectivity index (χ4n) is 5.08. The van der Waals surface area contributed by atoms with E-state index in [9.17, 15) is 14.4 Å². The zero-order chi connectivity index (χ0) is 29.1. The maximum atomic E-state index is 13.3. The Kier molecular flexibility index (Phi) is 7.52. The number of benzene rings is 3. The zero-order valence-corrected chi connectivity index (χ0v) is 23.0. The molecular weight excluding hydrogens is 530 g/mol. The summed E-state index contributed by atoms with van der Waals surface area (Å²) in [5, 5.41) is 13.0. The van der Waals surface area contributed by atoms with Crippen LogP contribution in [0.25, 0.3) is 0 Å². The SMILES string of the molecule is CN1CCN(c2ccc(N=CC3C(=O)Nc4cc(C(=O)c5cccc(NC(=O)c6ccnnc6)c5)ccc43)cc2)CC1. The summed E-state index contributed by atoms with van der Waals surface area (Å²) in [6, 6.07) is 21.5. The minimum absolute atomic E-state index is 0.192. The van der Waals surface area contributed by atoms with Crippen LogP contribution < -0.4 is 15.5 Å². The van der Waals surface area contributed by atoms with Crippen LogP contribution in [0.4, 0.5) is 22.7 Å². The number of hydrogen-bond acceptors (Lipinski definition) is 8. The largest absolute Gasteiger partial charge is 0.369 e. The molecular formula is C32H29N7O3. The topological polar surface area (TPSA) is 120 Å². The maximum absolute atomic E-state index is 13.3. The summed E-state index contributed by atoms with van der Waals surface area (Å²) in [7, 11) is 2.14. The van der Waals surface area contributed by atoms with Crippen LogP contribution in [0.1, 0.15) is 37.8 Å². The first kappa shape index (κ1) is 27.0. The number of nitrogens with zero attached hydrogens (tertiary/aromatic N) is 5. The average molecular weight is 560 g/mol. The highest BCUT2D eigenvalue weighted by molar-refractivity contribution is 6.15. The molecule has 42 heavy (non-hydrogen) atoms. The van der Waals surface area contributed by atoms with Crippen molar-refractivity contribution in [2.45, 2.75) is 5.92 Å². The number of nitrogens with one attached hydrogen (secondary N) is 2. The second kappa shape index (κ2) is 11.7. The summed E-state index contributed by atoms with van der Waals surface area (Å²) in [5.74, 6) is -1.33. The number of likely N-dealkylation sites (N-methyl/N-ethyl adjacent to an activating group) is 1. The molecule has 6 rings (SSSR count). The van der Waals surface area contributed by atoms with Crippen molar-refractivity contribution in [1.29, 1.82) is 0 Å². The number of aliphatic imine (C=N–C) groups is 1. The fourth-order valence-corrected chi connectivity index (χ4v) is 5.08. The molecule has 4 aromatic rings. The first-order valence-corrected chi connectivity index (χ1v) is 13.7. The molecule has 2 aliphatic rings. The Bertz CT molecular complexity index is 1660. The zero-order valence-electron chi connectivity index (χ0n) is 23.0. The molecule has 2 amide bonds. The van der Waals surface area contributed by atoms with Crippen LogP contribution in [0, 0.1) is 0 Å². The fraction of sp³-hybridized carbons (Fsp3) is 0.188. The van der Waals surface area contributed by atoms with E-state index in [-0.39, 0.29) is 17.6 Å². The molecule has 2 aliphatic heterocycles. The number of rotatable bonds is 7. The second-order valence-electron chi connectivity index (χ2n) is 10.3. The Hall–Kier alpha value is -5.22. The molecule has 10 heteroatoms. The summed E-state index contributed by atoms with van der Waals surface area (Å²) in [5.41, 5.74) is 4.96. The van der Waals surface area contributed by atoms with E-state index in [1.807, 2.05) is 12.1 Å². The van der Waals surface area contributed by atoms with Crippen molar-refractivity contribution in [1.82, 2.24) is 15.1 Å². The van der Waals surface area contributed by atoms with Crippen LogP contribution in [0.3, 0.4) is 0 Å². The lowest BCUT2D eigenvalue weighted by atomic mass is 9.97. The minimum Gasteiger partial charge on any atom is -0.369 e. The number of aromatic nitrogens is 2. The Balaban J connectivity index is 1.14. The third-order valence-corrected chi connectivity index (χ3v) is 7.51. The van der Waals surface area contributed by atoms with Crippen molar-refractivity contribution < 1.29 is 14.4 Å². The molecule has 1 saturated heterocycles. The lowest BCUT2D eigenvalue weighted by Gasteiger charge is -2.34. The van der Waals surface area contributed by atoms with Crippen LogP contribution in [0.5, 0.6) is 0 Å². The van der Waals surface area contributed by atoms with Crippen molar-refractivity contribution in [3.05, 3.63) is 107 Å². The lowest BCUT2D eigenvalue weighted by molar-refractivity contribution is -0.115. The van der Waals surface area contributed by atoms with Gasteiger partial charge in [-0.3, -0.25) is 19.4 Å². The predicted octanol–water partition coefficient (Wildman–Crippen LogP) is 4.15. The van der Waals surface area contributed by atoms with E-state index in [1.54, 1.807) is 54.7 Å². The molecule has 0 spiro atoms. The molecule has 10 nitrogen and oxygen atoms in total. The minimum atomic E-state index is -0.553. The van der Waals surface area contributed by atoms with Crippen LogP contribution in [-0.2, 0) is 4.79 Å². The maximum Gasteiger partial charge on any atom is 0.257 e. The molecule has 1 aromatic heterocycles. The van der Waals surface area contributed by atoms with E-state index in [0.717, 1.165) is 37.4 Å². The highest BCUT2D eigenvalue weighted by atomic mass is 16.2. The van der Waals surface area contributed by atoms with E-state index in [1.165, 1.54) is 18.1 Å². The van der Waals surface area contributed by atoms with Crippen molar-refractivity contribution in [3.63, 3.8) is 0 Å². The molecule has 0 saturated carbocycles. The van der Waals surface area contributed by atoms with E-state index < -0.39 is 5.92 Å². The third-order valence-electron chi connectivity index (χ3n) is 7.51. The van der Waals surface area contributed by atoms with Gasteiger partial charge in [-0.25, -0.2) is 0 Å². The summed E-state index contributed by atoms with van der Waals surface area (Å²) in [6.07, 6.45) is 4.45. The van der Waals surface area contributed by atoms with Crippen molar-refractivity contribution >= 4 is 46.6 Å². The predicted molar refractivity (Wildman–Crippen MR) is 162 cm³/mol. The Morgan fingerprint density at radius 2 is 1.71 bits per heavy atom. The molecule has 2 N–H and O–H groups in total. The van der Waals surface area contributed by atoms with Gasteiger partial charge < -0.3 is 20.4 Å². The number of hydrogen-bond donors (Lipinski definition) is 2. The van der Waals surface area contributed by atoms with E-state index in [0.29, 0.717) is 28.1 Å². The average Bonchev–Trinajstić information content (AvgIpc) is 3.34. The monoisotopic (exact) mass is 559 g/mol. The van der Waals surface area contributed by atoms with Crippen molar-refractivity contribution in [2.75, 3.05) is 48.8 Å². The number of amides is 2. The van der Waals surface area contributed by atoms with Gasteiger partial charge in [-0.2, -0.15) is 10.2 Å². The van der Waals surface area contributed by atoms with Crippen molar-refractivity contribution in [2.24, 2.45) is 4.99 Å². The number of ketones is 1. The van der Waals surface area contributed by atoms with Crippen molar-refractivity contribution in [3.8, 4) is 0 Å². The Morgan fingerprint density at radius 3 is 2.48 bits per heavy atom.